The highest BCUT2D eigenvalue weighted by Crippen LogP contribution is 2.33. The first kappa shape index (κ1) is 11.9. The molecule has 1 aromatic carbocycles. The average Bonchev–Trinajstić information content (AvgIpc) is 2.91. The largest absolute Gasteiger partial charge is 0.330 e. The summed E-state index contributed by atoms with van der Waals surface area (Å²) in [6, 6.07) is 5.56. The van der Waals surface area contributed by atoms with Gasteiger partial charge < -0.3 is 5.73 Å². The fraction of sp³-hybridized carbons (Fsp3) is 0.333. The molecular weight excluding hydrogens is 270 g/mol. The molecule has 1 aromatic heterocycles. The first-order valence-electron chi connectivity index (χ1n) is 5.74. The van der Waals surface area contributed by atoms with Gasteiger partial charge in [0.05, 0.1) is 10.2 Å². The van der Waals surface area contributed by atoms with E-state index in [4.69, 9.17) is 17.3 Å². The van der Waals surface area contributed by atoms with Crippen molar-refractivity contribution in [1.29, 1.82) is 0 Å². The van der Waals surface area contributed by atoms with Crippen LogP contribution in [0.25, 0.3) is 10.2 Å². The minimum atomic E-state index is 0.107. The van der Waals surface area contributed by atoms with Gasteiger partial charge in [0.25, 0.3) is 0 Å². The molecule has 1 fully saturated rings. The van der Waals surface area contributed by atoms with Gasteiger partial charge in [-0.1, -0.05) is 22.9 Å². The van der Waals surface area contributed by atoms with Crippen molar-refractivity contribution in [3.8, 4) is 0 Å². The quantitative estimate of drug-likeness (QED) is 0.918. The maximum absolute atomic E-state index is 11.9. The van der Waals surface area contributed by atoms with Crippen molar-refractivity contribution in [2.75, 3.05) is 18.0 Å². The molecule has 1 unspecified atom stereocenters. The topological polar surface area (TPSA) is 59.2 Å². The number of nitrogens with zero attached hydrogens (tertiary/aromatic N) is 2. The van der Waals surface area contributed by atoms with Crippen LogP contribution >= 0.6 is 22.9 Å². The Morgan fingerprint density at radius 2 is 2.39 bits per heavy atom. The van der Waals surface area contributed by atoms with E-state index in [0.717, 1.165) is 15.3 Å². The molecule has 0 bridgehead atoms. The van der Waals surface area contributed by atoms with Gasteiger partial charge in [-0.15, -0.1) is 0 Å². The van der Waals surface area contributed by atoms with Gasteiger partial charge >= 0.3 is 0 Å². The first-order valence-corrected chi connectivity index (χ1v) is 6.93. The first-order chi connectivity index (χ1) is 8.67. The Kier molecular flexibility index (Phi) is 2.97. The number of amides is 1. The molecule has 1 aliphatic heterocycles. The predicted molar refractivity (Wildman–Crippen MR) is 74.1 cm³/mol. The Morgan fingerprint density at radius 3 is 3.11 bits per heavy atom. The van der Waals surface area contributed by atoms with Crippen LogP contribution in [0.5, 0.6) is 0 Å². The van der Waals surface area contributed by atoms with E-state index in [9.17, 15) is 4.79 Å². The zero-order valence-corrected chi connectivity index (χ0v) is 11.2. The molecule has 1 atom stereocenters. The fourth-order valence-corrected chi connectivity index (χ4v) is 3.39. The van der Waals surface area contributed by atoms with E-state index < -0.39 is 0 Å². The fourth-order valence-electron chi connectivity index (χ4n) is 2.13. The van der Waals surface area contributed by atoms with Crippen LogP contribution in [0.15, 0.2) is 18.2 Å². The smallest absolute Gasteiger partial charge is 0.229 e. The lowest BCUT2D eigenvalue weighted by molar-refractivity contribution is -0.117. The van der Waals surface area contributed by atoms with E-state index in [-0.39, 0.29) is 11.8 Å². The van der Waals surface area contributed by atoms with E-state index in [1.54, 1.807) is 4.90 Å². The molecule has 6 heteroatoms. The summed E-state index contributed by atoms with van der Waals surface area (Å²) in [5, 5.41) is 1.43. The van der Waals surface area contributed by atoms with Gasteiger partial charge in [0.1, 0.15) is 0 Å². The molecule has 1 aliphatic rings. The predicted octanol–water partition coefficient (Wildman–Crippen LogP) is 2.26. The van der Waals surface area contributed by atoms with Gasteiger partial charge in [-0.05, 0) is 30.7 Å². The number of halogens is 1. The molecule has 4 nitrogen and oxygen atoms in total. The Hall–Kier alpha value is -1.17. The lowest BCUT2D eigenvalue weighted by Gasteiger charge is -2.11. The van der Waals surface area contributed by atoms with Gasteiger partial charge in [0.15, 0.2) is 5.13 Å². The number of nitrogens with two attached hydrogens (primary N) is 1. The minimum Gasteiger partial charge on any atom is -0.330 e. The second kappa shape index (κ2) is 4.50. The normalized spacial score (nSPS) is 20.0. The molecule has 18 heavy (non-hydrogen) atoms. The second-order valence-electron chi connectivity index (χ2n) is 4.42. The molecule has 1 saturated heterocycles. The number of anilines is 1. The van der Waals surface area contributed by atoms with Crippen LogP contribution in [-0.2, 0) is 4.79 Å². The summed E-state index contributed by atoms with van der Waals surface area (Å²) in [6.07, 6.45) is 0.521. The van der Waals surface area contributed by atoms with Crippen LogP contribution in [0.3, 0.4) is 0 Å². The number of fused-ring (bicyclic) bond motifs is 1. The van der Waals surface area contributed by atoms with Crippen LogP contribution in [0.4, 0.5) is 5.13 Å². The van der Waals surface area contributed by atoms with E-state index in [0.29, 0.717) is 24.5 Å². The number of carbonyl (C=O) groups is 1. The van der Waals surface area contributed by atoms with Crippen molar-refractivity contribution in [2.24, 2.45) is 11.7 Å². The Morgan fingerprint density at radius 1 is 1.56 bits per heavy atom. The minimum absolute atomic E-state index is 0.107. The van der Waals surface area contributed by atoms with Crippen molar-refractivity contribution in [3.05, 3.63) is 23.2 Å². The highest BCUT2D eigenvalue weighted by Gasteiger charge is 2.31. The number of benzene rings is 1. The monoisotopic (exact) mass is 281 g/mol. The Labute approximate surface area is 113 Å². The van der Waals surface area contributed by atoms with E-state index >= 15 is 0 Å². The number of hydrogen-bond donors (Lipinski definition) is 1. The van der Waals surface area contributed by atoms with Gasteiger partial charge in [0.2, 0.25) is 5.91 Å². The van der Waals surface area contributed by atoms with E-state index in [1.165, 1.54) is 11.3 Å². The second-order valence-corrected chi connectivity index (χ2v) is 5.86. The molecule has 1 amide bonds. The van der Waals surface area contributed by atoms with Crippen LogP contribution < -0.4 is 10.6 Å². The number of aromatic nitrogens is 1. The lowest BCUT2D eigenvalue weighted by Crippen LogP contribution is -2.25. The van der Waals surface area contributed by atoms with Crippen molar-refractivity contribution < 1.29 is 4.79 Å². The maximum atomic E-state index is 11.9. The molecule has 2 heterocycles. The molecule has 94 valence electrons. The van der Waals surface area contributed by atoms with E-state index in [1.807, 2.05) is 18.2 Å². The van der Waals surface area contributed by atoms with Gasteiger partial charge in [-0.25, -0.2) is 4.98 Å². The molecule has 0 saturated carbocycles. The molecule has 0 aliphatic carbocycles. The summed E-state index contributed by atoms with van der Waals surface area (Å²) in [5.74, 6) is 0.351. The molecule has 2 aromatic rings. The van der Waals surface area contributed by atoms with E-state index in [2.05, 4.69) is 4.98 Å². The summed E-state index contributed by atoms with van der Waals surface area (Å²) in [7, 11) is 0. The highest BCUT2D eigenvalue weighted by molar-refractivity contribution is 7.22. The molecule has 3 rings (SSSR count). The number of thiazole rings is 1. The molecule has 2 N–H and O–H groups in total. The summed E-state index contributed by atoms with van der Waals surface area (Å²) >= 11 is 7.44. The maximum Gasteiger partial charge on any atom is 0.229 e. The van der Waals surface area contributed by atoms with Crippen LogP contribution in [0, 0.1) is 5.92 Å². The number of hydrogen-bond acceptors (Lipinski definition) is 4. The Balaban J connectivity index is 1.97. The standard InChI is InChI=1S/C12H12ClN3OS/c13-8-1-2-9-10(4-8)18-12(15-9)16-6-7(5-14)3-11(16)17/h1-2,4,7H,3,5-6,14H2. The zero-order chi connectivity index (χ0) is 12.7. The average molecular weight is 282 g/mol. The number of rotatable bonds is 2. The summed E-state index contributed by atoms with van der Waals surface area (Å²) in [4.78, 5) is 18.1. The zero-order valence-electron chi connectivity index (χ0n) is 9.60. The van der Waals surface area contributed by atoms with Gasteiger partial charge in [-0.2, -0.15) is 0 Å². The molecular formula is C12H12ClN3OS. The Bertz CT molecular complexity index is 612. The van der Waals surface area contributed by atoms with Crippen LogP contribution in [-0.4, -0.2) is 24.0 Å². The summed E-state index contributed by atoms with van der Waals surface area (Å²) in [6.45, 7) is 1.21. The summed E-state index contributed by atoms with van der Waals surface area (Å²) in [5.41, 5.74) is 6.50. The van der Waals surface area contributed by atoms with Crippen LogP contribution in [0.2, 0.25) is 5.02 Å². The SMILES string of the molecule is NCC1CC(=O)N(c2nc3ccc(Cl)cc3s2)C1. The van der Waals surface area contributed by atoms with Crippen molar-refractivity contribution in [3.63, 3.8) is 0 Å². The van der Waals surface area contributed by atoms with Gasteiger partial charge in [0, 0.05) is 18.0 Å². The van der Waals surface area contributed by atoms with Crippen molar-refractivity contribution in [2.45, 2.75) is 6.42 Å². The van der Waals surface area contributed by atoms with Crippen LogP contribution in [0.1, 0.15) is 6.42 Å². The highest BCUT2D eigenvalue weighted by atomic mass is 35.5. The third-order valence-corrected chi connectivity index (χ3v) is 4.38. The third-order valence-electron chi connectivity index (χ3n) is 3.11. The van der Waals surface area contributed by atoms with Gasteiger partial charge in [-0.3, -0.25) is 9.69 Å². The third kappa shape index (κ3) is 1.98. The molecule has 0 radical (unpaired) electrons. The lowest BCUT2D eigenvalue weighted by atomic mass is 10.1. The molecule has 0 spiro atoms. The number of carbonyl (C=O) groups excluding carboxylic acids is 1. The van der Waals surface area contributed by atoms with Crippen molar-refractivity contribution in [1.82, 2.24) is 4.98 Å². The van der Waals surface area contributed by atoms with Crippen molar-refractivity contribution >= 4 is 44.2 Å². The summed E-state index contributed by atoms with van der Waals surface area (Å²) < 4.78 is 1.00.